The molecule has 1 atom stereocenters. The molecule has 0 saturated heterocycles. The summed E-state index contributed by atoms with van der Waals surface area (Å²) in [6, 6.07) is 19.7. The van der Waals surface area contributed by atoms with Gasteiger partial charge in [0.05, 0.1) is 11.6 Å². The lowest BCUT2D eigenvalue weighted by molar-refractivity contribution is 0.568. The maximum Gasteiger partial charge on any atom is 0.0702 e. The van der Waals surface area contributed by atoms with Gasteiger partial charge < -0.3 is 5.32 Å². The molecule has 98 valence electrons. The molecule has 1 N–H and O–H groups in total. The zero-order valence-corrected chi connectivity index (χ0v) is 11.2. The van der Waals surface area contributed by atoms with Crippen LogP contribution in [0.15, 0.2) is 60.8 Å². The topological polar surface area (TPSA) is 24.9 Å². The first kappa shape index (κ1) is 11.6. The van der Waals surface area contributed by atoms with Crippen molar-refractivity contribution in [3.8, 4) is 0 Å². The molecule has 1 aliphatic heterocycles. The molecule has 0 aliphatic carbocycles. The Kier molecular flexibility index (Phi) is 2.75. The third-order valence-corrected chi connectivity index (χ3v) is 4.07. The summed E-state index contributed by atoms with van der Waals surface area (Å²) in [5.74, 6) is 0. The fourth-order valence-corrected chi connectivity index (χ4v) is 3.08. The van der Waals surface area contributed by atoms with Crippen molar-refractivity contribution in [3.05, 3.63) is 77.5 Å². The maximum atomic E-state index is 4.39. The number of fused-ring (bicyclic) bond motifs is 2. The number of rotatable bonds is 1. The van der Waals surface area contributed by atoms with Crippen molar-refractivity contribution in [2.45, 2.75) is 12.5 Å². The predicted molar refractivity (Wildman–Crippen MR) is 81.7 cm³/mol. The van der Waals surface area contributed by atoms with Gasteiger partial charge in [0.1, 0.15) is 0 Å². The Labute approximate surface area is 118 Å². The molecular formula is C18H16N2. The van der Waals surface area contributed by atoms with Crippen LogP contribution in [0.4, 0.5) is 0 Å². The first-order valence-electron chi connectivity index (χ1n) is 7.08. The number of nitrogens with zero attached hydrogens (tertiary/aromatic N) is 1. The second kappa shape index (κ2) is 4.73. The van der Waals surface area contributed by atoms with Crippen LogP contribution in [0.1, 0.15) is 22.7 Å². The molecule has 20 heavy (non-hydrogen) atoms. The summed E-state index contributed by atoms with van der Waals surface area (Å²) in [7, 11) is 0. The van der Waals surface area contributed by atoms with Crippen LogP contribution in [0.3, 0.4) is 0 Å². The molecule has 2 heteroatoms. The molecule has 1 unspecified atom stereocenters. The Morgan fingerprint density at radius 2 is 1.95 bits per heavy atom. The molecular weight excluding hydrogens is 244 g/mol. The van der Waals surface area contributed by atoms with Gasteiger partial charge in [0.25, 0.3) is 0 Å². The van der Waals surface area contributed by atoms with Gasteiger partial charge in [0, 0.05) is 18.1 Å². The average molecular weight is 260 g/mol. The Hall–Kier alpha value is -2.19. The minimum atomic E-state index is 0.296. The first-order valence-corrected chi connectivity index (χ1v) is 7.08. The van der Waals surface area contributed by atoms with Crippen molar-refractivity contribution in [2.75, 3.05) is 6.54 Å². The van der Waals surface area contributed by atoms with Crippen LogP contribution in [0.25, 0.3) is 10.9 Å². The summed E-state index contributed by atoms with van der Waals surface area (Å²) >= 11 is 0. The fraction of sp³-hybridized carbons (Fsp3) is 0.167. The van der Waals surface area contributed by atoms with Crippen LogP contribution in [0.2, 0.25) is 0 Å². The second-order valence-electron chi connectivity index (χ2n) is 5.29. The van der Waals surface area contributed by atoms with Crippen LogP contribution >= 0.6 is 0 Å². The van der Waals surface area contributed by atoms with Gasteiger partial charge in [-0.2, -0.15) is 0 Å². The summed E-state index contributed by atoms with van der Waals surface area (Å²) in [5, 5.41) is 4.84. The normalized spacial score (nSPS) is 17.9. The molecule has 0 bridgehead atoms. The number of benzene rings is 2. The quantitative estimate of drug-likeness (QED) is 0.724. The molecule has 0 saturated carbocycles. The van der Waals surface area contributed by atoms with Crippen molar-refractivity contribution in [3.63, 3.8) is 0 Å². The van der Waals surface area contributed by atoms with E-state index in [0.717, 1.165) is 18.5 Å². The van der Waals surface area contributed by atoms with Gasteiger partial charge >= 0.3 is 0 Å². The summed E-state index contributed by atoms with van der Waals surface area (Å²) < 4.78 is 0. The van der Waals surface area contributed by atoms with Gasteiger partial charge in [0.15, 0.2) is 0 Å². The molecule has 0 amide bonds. The number of hydrogen-bond donors (Lipinski definition) is 1. The van der Waals surface area contributed by atoms with Crippen LogP contribution in [-0.2, 0) is 6.42 Å². The highest BCUT2D eigenvalue weighted by Gasteiger charge is 2.20. The minimum absolute atomic E-state index is 0.296. The van der Waals surface area contributed by atoms with E-state index in [4.69, 9.17) is 0 Å². The molecule has 1 aliphatic rings. The van der Waals surface area contributed by atoms with E-state index in [0.29, 0.717) is 6.04 Å². The van der Waals surface area contributed by atoms with E-state index >= 15 is 0 Å². The molecule has 3 aromatic rings. The summed E-state index contributed by atoms with van der Waals surface area (Å²) in [6.07, 6.45) is 2.96. The van der Waals surface area contributed by atoms with Crippen molar-refractivity contribution in [2.24, 2.45) is 0 Å². The van der Waals surface area contributed by atoms with E-state index in [1.54, 1.807) is 0 Å². The van der Waals surface area contributed by atoms with Gasteiger partial charge in [0.2, 0.25) is 0 Å². The van der Waals surface area contributed by atoms with Gasteiger partial charge in [-0.15, -0.1) is 0 Å². The third-order valence-electron chi connectivity index (χ3n) is 4.07. The van der Waals surface area contributed by atoms with Crippen LogP contribution < -0.4 is 5.32 Å². The number of aromatic nitrogens is 1. The largest absolute Gasteiger partial charge is 0.306 e. The number of hydrogen-bond acceptors (Lipinski definition) is 2. The minimum Gasteiger partial charge on any atom is -0.306 e. The Morgan fingerprint density at radius 3 is 2.95 bits per heavy atom. The lowest BCUT2D eigenvalue weighted by Gasteiger charge is -2.27. The van der Waals surface area contributed by atoms with Gasteiger partial charge in [-0.05, 0) is 41.3 Å². The zero-order chi connectivity index (χ0) is 13.4. The third kappa shape index (κ3) is 1.89. The summed E-state index contributed by atoms with van der Waals surface area (Å²) in [6.45, 7) is 1.03. The van der Waals surface area contributed by atoms with E-state index in [1.165, 1.54) is 22.1 Å². The van der Waals surface area contributed by atoms with Crippen molar-refractivity contribution >= 4 is 10.9 Å². The lowest BCUT2D eigenvalue weighted by Crippen LogP contribution is -2.30. The standard InChI is InChI=1S/C18H16N2/c1-2-6-16-13(4-1)9-11-20-18(16)15-7-8-17-14(12-15)5-3-10-19-17/h1-8,10,12,18,20H,9,11H2. The molecule has 0 spiro atoms. The maximum absolute atomic E-state index is 4.39. The first-order chi connectivity index (χ1) is 9.92. The smallest absolute Gasteiger partial charge is 0.0702 e. The summed E-state index contributed by atoms with van der Waals surface area (Å²) in [4.78, 5) is 4.39. The van der Waals surface area contributed by atoms with E-state index in [1.807, 2.05) is 12.3 Å². The predicted octanol–water partition coefficient (Wildman–Crippen LogP) is 3.47. The number of pyridine rings is 1. The molecule has 0 fully saturated rings. The van der Waals surface area contributed by atoms with E-state index < -0.39 is 0 Å². The molecule has 4 rings (SSSR count). The number of nitrogens with one attached hydrogen (secondary N) is 1. The molecule has 2 heterocycles. The molecule has 2 nitrogen and oxygen atoms in total. The Morgan fingerprint density at radius 1 is 1.00 bits per heavy atom. The van der Waals surface area contributed by atoms with Crippen molar-refractivity contribution < 1.29 is 0 Å². The highest BCUT2D eigenvalue weighted by Crippen LogP contribution is 2.29. The van der Waals surface area contributed by atoms with E-state index in [9.17, 15) is 0 Å². The average Bonchev–Trinajstić information content (AvgIpc) is 2.54. The van der Waals surface area contributed by atoms with E-state index in [-0.39, 0.29) is 0 Å². The highest BCUT2D eigenvalue weighted by molar-refractivity contribution is 5.79. The van der Waals surface area contributed by atoms with Crippen LogP contribution in [-0.4, -0.2) is 11.5 Å². The van der Waals surface area contributed by atoms with Crippen molar-refractivity contribution in [1.29, 1.82) is 0 Å². The monoisotopic (exact) mass is 260 g/mol. The SMILES string of the molecule is c1ccc2c(c1)CCNC2c1ccc2ncccc2c1. The zero-order valence-electron chi connectivity index (χ0n) is 11.2. The second-order valence-corrected chi connectivity index (χ2v) is 5.29. The molecule has 1 aromatic heterocycles. The Balaban J connectivity index is 1.84. The van der Waals surface area contributed by atoms with Crippen LogP contribution in [0.5, 0.6) is 0 Å². The lowest BCUT2D eigenvalue weighted by atomic mass is 9.89. The molecule has 0 radical (unpaired) electrons. The van der Waals surface area contributed by atoms with Gasteiger partial charge in [-0.25, -0.2) is 0 Å². The highest BCUT2D eigenvalue weighted by atomic mass is 14.9. The fourth-order valence-electron chi connectivity index (χ4n) is 3.08. The summed E-state index contributed by atoms with van der Waals surface area (Å²) in [5.41, 5.74) is 5.24. The van der Waals surface area contributed by atoms with E-state index in [2.05, 4.69) is 58.8 Å². The van der Waals surface area contributed by atoms with Gasteiger partial charge in [-0.1, -0.05) is 36.4 Å². The van der Waals surface area contributed by atoms with Gasteiger partial charge in [-0.3, -0.25) is 4.98 Å². The molecule has 2 aromatic carbocycles. The van der Waals surface area contributed by atoms with Crippen LogP contribution in [0, 0.1) is 0 Å². The Bertz CT molecular complexity index is 764. The van der Waals surface area contributed by atoms with Crippen molar-refractivity contribution in [1.82, 2.24) is 10.3 Å².